The van der Waals surface area contributed by atoms with Crippen molar-refractivity contribution in [3.63, 3.8) is 0 Å². The van der Waals surface area contributed by atoms with Crippen LogP contribution in [0.2, 0.25) is 0 Å². The Kier molecular flexibility index (Phi) is 5.19. The van der Waals surface area contributed by atoms with Crippen LogP contribution in [0.5, 0.6) is 0 Å². The van der Waals surface area contributed by atoms with E-state index in [1.807, 2.05) is 0 Å². The van der Waals surface area contributed by atoms with E-state index in [0.29, 0.717) is 6.61 Å². The number of halogens is 2. The molecule has 0 saturated carbocycles. The van der Waals surface area contributed by atoms with E-state index in [1.165, 1.54) is 0 Å². The van der Waals surface area contributed by atoms with Crippen molar-refractivity contribution >= 4 is 31.9 Å². The zero-order valence-electron chi connectivity index (χ0n) is 3.53. The maximum Gasteiger partial charge on any atom is 0.0879 e. The van der Waals surface area contributed by atoms with Crippen molar-refractivity contribution in [3.05, 3.63) is 9.47 Å². The van der Waals surface area contributed by atoms with Gasteiger partial charge in [-0.15, -0.1) is 0 Å². The molecule has 0 saturated heterocycles. The van der Waals surface area contributed by atoms with Gasteiger partial charge < -0.3 is 4.84 Å². The molecular formula is C3H5Br2NO. The minimum absolute atomic E-state index is 0.422. The summed E-state index contributed by atoms with van der Waals surface area (Å²) < 4.78 is 0.852. The molecule has 2 nitrogen and oxygen atoms in total. The predicted molar refractivity (Wildman–Crippen MR) is 36.1 cm³/mol. The van der Waals surface area contributed by atoms with Crippen molar-refractivity contribution in [3.8, 4) is 0 Å². The quantitative estimate of drug-likeness (QED) is 0.731. The molecule has 0 amide bonds. The smallest absolute Gasteiger partial charge is 0.0879 e. The van der Waals surface area contributed by atoms with Crippen molar-refractivity contribution < 1.29 is 4.84 Å². The summed E-state index contributed by atoms with van der Waals surface area (Å²) in [4.78, 5) is 4.22. The first-order valence-corrected chi connectivity index (χ1v) is 3.19. The van der Waals surface area contributed by atoms with E-state index in [1.54, 1.807) is 6.08 Å². The molecule has 2 N–H and O–H groups in total. The first kappa shape index (κ1) is 7.62. The Morgan fingerprint density at radius 1 is 1.71 bits per heavy atom. The van der Waals surface area contributed by atoms with Crippen molar-refractivity contribution in [2.75, 3.05) is 6.61 Å². The van der Waals surface area contributed by atoms with Gasteiger partial charge in [-0.1, -0.05) is 0 Å². The van der Waals surface area contributed by atoms with Gasteiger partial charge in [0, 0.05) is 0 Å². The van der Waals surface area contributed by atoms with E-state index in [2.05, 4.69) is 36.7 Å². The van der Waals surface area contributed by atoms with Crippen molar-refractivity contribution in [2.45, 2.75) is 0 Å². The molecule has 0 aliphatic carbocycles. The average Bonchev–Trinajstić information content (AvgIpc) is 1.61. The molecule has 0 aromatic rings. The molecule has 0 aromatic carbocycles. The van der Waals surface area contributed by atoms with E-state index < -0.39 is 0 Å². The van der Waals surface area contributed by atoms with Gasteiger partial charge in [0.2, 0.25) is 0 Å². The number of nitrogens with two attached hydrogens (primary N) is 1. The molecule has 0 bridgehead atoms. The Labute approximate surface area is 58.9 Å². The molecule has 0 aliphatic heterocycles. The fraction of sp³-hybridized carbons (Fsp3) is 0.333. The molecule has 0 radical (unpaired) electrons. The van der Waals surface area contributed by atoms with Gasteiger partial charge in [0.05, 0.1) is 10.00 Å². The van der Waals surface area contributed by atoms with E-state index in [4.69, 9.17) is 5.90 Å². The summed E-state index contributed by atoms with van der Waals surface area (Å²) in [5.74, 6) is 4.69. The van der Waals surface area contributed by atoms with E-state index in [9.17, 15) is 0 Å². The van der Waals surface area contributed by atoms with E-state index >= 15 is 0 Å². The molecular weight excluding hydrogens is 226 g/mol. The second-order valence-electron chi connectivity index (χ2n) is 0.827. The van der Waals surface area contributed by atoms with Crippen LogP contribution >= 0.6 is 31.9 Å². The van der Waals surface area contributed by atoms with Gasteiger partial charge in [-0.3, -0.25) is 0 Å². The maximum absolute atomic E-state index is 4.69. The largest absolute Gasteiger partial charge is 0.300 e. The molecule has 7 heavy (non-hydrogen) atoms. The second-order valence-corrected chi connectivity index (χ2v) is 3.60. The van der Waals surface area contributed by atoms with Crippen LogP contribution in [0.25, 0.3) is 0 Å². The Morgan fingerprint density at radius 3 is 2.43 bits per heavy atom. The molecule has 0 spiro atoms. The van der Waals surface area contributed by atoms with Crippen LogP contribution in [0.4, 0.5) is 0 Å². The number of hydrogen-bond donors (Lipinski definition) is 1. The highest BCUT2D eigenvalue weighted by atomic mass is 79.9. The lowest BCUT2D eigenvalue weighted by atomic mass is 10.7. The predicted octanol–water partition coefficient (Wildman–Crippen LogP) is 1.51. The van der Waals surface area contributed by atoms with Crippen LogP contribution in [-0.4, -0.2) is 6.61 Å². The molecule has 0 aromatic heterocycles. The third-order valence-corrected chi connectivity index (χ3v) is 0.981. The molecule has 0 atom stereocenters. The van der Waals surface area contributed by atoms with Gasteiger partial charge in [-0.05, 0) is 37.9 Å². The summed E-state index contributed by atoms with van der Waals surface area (Å²) in [5, 5.41) is 0. The molecule has 0 fully saturated rings. The molecule has 0 aliphatic rings. The average molecular weight is 231 g/mol. The lowest BCUT2D eigenvalue weighted by Gasteiger charge is -1.84. The first-order chi connectivity index (χ1) is 3.27. The SMILES string of the molecule is NOCC=C(Br)Br. The van der Waals surface area contributed by atoms with Crippen molar-refractivity contribution in [2.24, 2.45) is 5.90 Å². The highest BCUT2D eigenvalue weighted by Crippen LogP contribution is 2.11. The van der Waals surface area contributed by atoms with Gasteiger partial charge in [-0.25, -0.2) is 5.90 Å². The highest BCUT2D eigenvalue weighted by Gasteiger charge is 1.77. The van der Waals surface area contributed by atoms with Crippen LogP contribution in [0.3, 0.4) is 0 Å². The highest BCUT2D eigenvalue weighted by molar-refractivity contribution is 9.28. The summed E-state index contributed by atoms with van der Waals surface area (Å²) in [6.45, 7) is 0.422. The summed E-state index contributed by atoms with van der Waals surface area (Å²) in [6.07, 6.45) is 1.75. The minimum Gasteiger partial charge on any atom is -0.300 e. The summed E-state index contributed by atoms with van der Waals surface area (Å²) >= 11 is 6.24. The molecule has 42 valence electrons. The van der Waals surface area contributed by atoms with Crippen LogP contribution < -0.4 is 5.90 Å². The second kappa shape index (κ2) is 4.77. The third kappa shape index (κ3) is 6.62. The Morgan fingerprint density at radius 2 is 2.29 bits per heavy atom. The van der Waals surface area contributed by atoms with Gasteiger partial charge in [0.1, 0.15) is 0 Å². The summed E-state index contributed by atoms with van der Waals surface area (Å²) in [6, 6.07) is 0. The number of hydrogen-bond acceptors (Lipinski definition) is 2. The summed E-state index contributed by atoms with van der Waals surface area (Å²) in [5.41, 5.74) is 0. The Hall–Kier alpha value is 0.620. The topological polar surface area (TPSA) is 35.2 Å². The zero-order valence-corrected chi connectivity index (χ0v) is 6.70. The van der Waals surface area contributed by atoms with Crippen molar-refractivity contribution in [1.29, 1.82) is 0 Å². The van der Waals surface area contributed by atoms with Crippen LogP contribution in [0.1, 0.15) is 0 Å². The van der Waals surface area contributed by atoms with Gasteiger partial charge in [0.25, 0.3) is 0 Å². The third-order valence-electron chi connectivity index (χ3n) is 0.334. The van der Waals surface area contributed by atoms with Gasteiger partial charge in [0.15, 0.2) is 0 Å². The van der Waals surface area contributed by atoms with E-state index in [-0.39, 0.29) is 0 Å². The lowest BCUT2D eigenvalue weighted by molar-refractivity contribution is 0.168. The Bertz CT molecular complexity index is 69.3. The van der Waals surface area contributed by atoms with Crippen LogP contribution in [0.15, 0.2) is 9.47 Å². The zero-order chi connectivity index (χ0) is 5.70. The fourth-order valence-corrected chi connectivity index (χ4v) is 0.375. The fourth-order valence-electron chi connectivity index (χ4n) is 0.111. The van der Waals surface area contributed by atoms with Gasteiger partial charge >= 0.3 is 0 Å². The monoisotopic (exact) mass is 229 g/mol. The lowest BCUT2D eigenvalue weighted by Crippen LogP contribution is -1.96. The normalized spacial score (nSPS) is 8.43. The maximum atomic E-state index is 4.69. The molecule has 0 rings (SSSR count). The van der Waals surface area contributed by atoms with Gasteiger partial charge in [-0.2, -0.15) is 0 Å². The number of rotatable bonds is 2. The molecule has 0 unspecified atom stereocenters. The molecule has 4 heteroatoms. The standard InChI is InChI=1S/C3H5Br2NO/c4-3(5)1-2-7-6/h1H,2,6H2. The van der Waals surface area contributed by atoms with Crippen molar-refractivity contribution in [1.82, 2.24) is 0 Å². The van der Waals surface area contributed by atoms with Crippen LogP contribution in [-0.2, 0) is 4.84 Å². The summed E-state index contributed by atoms with van der Waals surface area (Å²) in [7, 11) is 0. The van der Waals surface area contributed by atoms with E-state index in [0.717, 1.165) is 3.39 Å². The first-order valence-electron chi connectivity index (χ1n) is 1.60. The molecule has 0 heterocycles. The minimum atomic E-state index is 0.422. The Balaban J connectivity index is 3.08. The van der Waals surface area contributed by atoms with Crippen LogP contribution in [0, 0.1) is 0 Å².